The van der Waals surface area contributed by atoms with E-state index in [1.807, 2.05) is 36.4 Å². The molecule has 0 saturated carbocycles. The molecule has 2 aromatic rings. The Labute approximate surface area is 113 Å². The van der Waals surface area contributed by atoms with Gasteiger partial charge in [0.25, 0.3) is 5.91 Å². The van der Waals surface area contributed by atoms with Crippen LogP contribution in [0.1, 0.15) is 11.6 Å². The predicted octanol–water partition coefficient (Wildman–Crippen LogP) is 2.95. The van der Waals surface area contributed by atoms with E-state index in [2.05, 4.69) is 31.5 Å². The third kappa shape index (κ3) is 1.97. The van der Waals surface area contributed by atoms with Crippen LogP contribution in [0.15, 0.2) is 47.1 Å². The van der Waals surface area contributed by atoms with E-state index >= 15 is 0 Å². The quantitative estimate of drug-likeness (QED) is 0.851. The smallest absolute Gasteiger partial charge is 0.251 e. The minimum atomic E-state index is -0.396. The van der Waals surface area contributed by atoms with Crippen molar-refractivity contribution >= 4 is 33.3 Å². The number of nitrogens with one attached hydrogen (secondary N) is 2. The molecule has 1 aromatic carbocycles. The third-order valence-corrected chi connectivity index (χ3v) is 3.22. The molecule has 0 bridgehead atoms. The van der Waals surface area contributed by atoms with Crippen LogP contribution in [-0.4, -0.2) is 10.9 Å². The Morgan fingerprint density at radius 1 is 1.22 bits per heavy atom. The molecular formula is C13H10BrN3O. The number of benzene rings is 1. The van der Waals surface area contributed by atoms with Gasteiger partial charge in [0.15, 0.2) is 5.82 Å². The lowest BCUT2D eigenvalue weighted by molar-refractivity contribution is -0.117. The van der Waals surface area contributed by atoms with Crippen LogP contribution in [-0.2, 0) is 4.79 Å². The molecule has 1 aromatic heterocycles. The van der Waals surface area contributed by atoms with Crippen LogP contribution >= 0.6 is 15.9 Å². The molecule has 1 aliphatic heterocycles. The van der Waals surface area contributed by atoms with E-state index in [0.29, 0.717) is 11.5 Å². The molecule has 18 heavy (non-hydrogen) atoms. The van der Waals surface area contributed by atoms with Crippen LogP contribution < -0.4 is 10.6 Å². The summed E-state index contributed by atoms with van der Waals surface area (Å²) < 4.78 is 0.835. The van der Waals surface area contributed by atoms with E-state index in [0.717, 1.165) is 10.0 Å². The Morgan fingerprint density at radius 3 is 2.78 bits per heavy atom. The summed E-state index contributed by atoms with van der Waals surface area (Å²) in [5, 5.41) is 6.00. The monoisotopic (exact) mass is 303 g/mol. The topological polar surface area (TPSA) is 54.0 Å². The average molecular weight is 304 g/mol. The fourth-order valence-electron chi connectivity index (χ4n) is 1.94. The molecule has 1 unspecified atom stereocenters. The van der Waals surface area contributed by atoms with Crippen molar-refractivity contribution in [3.63, 3.8) is 0 Å². The first-order valence-electron chi connectivity index (χ1n) is 5.52. The number of anilines is 2. The number of nitrogens with zero attached hydrogens (tertiary/aromatic N) is 1. The summed E-state index contributed by atoms with van der Waals surface area (Å²) in [5.74, 6) is 0.611. The van der Waals surface area contributed by atoms with E-state index in [1.54, 1.807) is 6.20 Å². The highest BCUT2D eigenvalue weighted by atomic mass is 79.9. The van der Waals surface area contributed by atoms with Gasteiger partial charge in [-0.05, 0) is 27.6 Å². The van der Waals surface area contributed by atoms with Gasteiger partial charge in [0.2, 0.25) is 0 Å². The summed E-state index contributed by atoms with van der Waals surface area (Å²) in [5.41, 5.74) is 1.62. The fraction of sp³-hybridized carbons (Fsp3) is 0.0769. The Kier molecular flexibility index (Phi) is 2.76. The maximum atomic E-state index is 12.1. The van der Waals surface area contributed by atoms with E-state index in [-0.39, 0.29) is 5.91 Å². The zero-order chi connectivity index (χ0) is 12.5. The van der Waals surface area contributed by atoms with Gasteiger partial charge in [0, 0.05) is 10.7 Å². The predicted molar refractivity (Wildman–Crippen MR) is 73.4 cm³/mol. The fourth-order valence-corrected chi connectivity index (χ4v) is 2.27. The van der Waals surface area contributed by atoms with Crippen molar-refractivity contribution in [3.05, 3.63) is 52.6 Å². The minimum absolute atomic E-state index is 0.0754. The summed E-state index contributed by atoms with van der Waals surface area (Å²) in [7, 11) is 0. The first-order chi connectivity index (χ1) is 8.74. The summed E-state index contributed by atoms with van der Waals surface area (Å²) in [6.45, 7) is 0. The maximum Gasteiger partial charge on any atom is 0.251 e. The van der Waals surface area contributed by atoms with Gasteiger partial charge < -0.3 is 10.6 Å². The second kappa shape index (κ2) is 4.42. The lowest BCUT2D eigenvalue weighted by atomic mass is 10.0. The molecule has 2 heterocycles. The summed E-state index contributed by atoms with van der Waals surface area (Å²) in [6, 6.07) is 11.0. The largest absolute Gasteiger partial charge is 0.353 e. The van der Waals surface area contributed by atoms with Crippen LogP contribution in [0.4, 0.5) is 11.5 Å². The number of fused-ring (bicyclic) bond motifs is 1. The molecular weight excluding hydrogens is 294 g/mol. The van der Waals surface area contributed by atoms with Crippen molar-refractivity contribution in [3.8, 4) is 0 Å². The third-order valence-electron chi connectivity index (χ3n) is 2.79. The van der Waals surface area contributed by atoms with Crippen LogP contribution in [0, 0.1) is 0 Å². The number of carbonyl (C=O) groups is 1. The van der Waals surface area contributed by atoms with E-state index in [4.69, 9.17) is 0 Å². The number of aromatic nitrogens is 1. The highest BCUT2D eigenvalue weighted by Gasteiger charge is 2.27. The summed E-state index contributed by atoms with van der Waals surface area (Å²) in [4.78, 5) is 16.3. The molecule has 1 aliphatic rings. The van der Waals surface area contributed by atoms with Gasteiger partial charge >= 0.3 is 0 Å². The van der Waals surface area contributed by atoms with Crippen molar-refractivity contribution in [2.75, 3.05) is 10.6 Å². The summed E-state index contributed by atoms with van der Waals surface area (Å²) in [6.07, 6.45) is 1.70. The van der Waals surface area contributed by atoms with E-state index in [9.17, 15) is 4.79 Å². The molecule has 0 aliphatic carbocycles. The number of carbonyl (C=O) groups excluding carboxylic acids is 1. The van der Waals surface area contributed by atoms with Crippen LogP contribution in [0.25, 0.3) is 0 Å². The zero-order valence-electron chi connectivity index (χ0n) is 9.35. The molecule has 1 atom stereocenters. The van der Waals surface area contributed by atoms with Crippen LogP contribution in [0.5, 0.6) is 0 Å². The lowest BCUT2D eigenvalue weighted by Gasteiger charge is -2.26. The second-order valence-corrected chi connectivity index (χ2v) is 4.94. The SMILES string of the molecule is O=C1Nc2cc(Br)cnc2NC1c1ccccc1. The highest BCUT2D eigenvalue weighted by molar-refractivity contribution is 9.10. The van der Waals surface area contributed by atoms with Gasteiger partial charge in [0.05, 0.1) is 5.69 Å². The number of hydrogen-bond acceptors (Lipinski definition) is 3. The lowest BCUT2D eigenvalue weighted by Crippen LogP contribution is -2.32. The minimum Gasteiger partial charge on any atom is -0.353 e. The Hall–Kier alpha value is -1.88. The molecule has 4 nitrogen and oxygen atoms in total. The Balaban J connectivity index is 1.97. The van der Waals surface area contributed by atoms with Gasteiger partial charge in [-0.3, -0.25) is 4.79 Å². The maximum absolute atomic E-state index is 12.1. The first-order valence-corrected chi connectivity index (χ1v) is 6.31. The van der Waals surface area contributed by atoms with E-state index < -0.39 is 6.04 Å². The molecule has 2 N–H and O–H groups in total. The number of amides is 1. The number of hydrogen-bond donors (Lipinski definition) is 2. The van der Waals surface area contributed by atoms with Gasteiger partial charge in [-0.25, -0.2) is 4.98 Å². The first kappa shape index (κ1) is 11.2. The van der Waals surface area contributed by atoms with Crippen molar-refractivity contribution in [2.24, 2.45) is 0 Å². The molecule has 3 rings (SSSR count). The average Bonchev–Trinajstić information content (AvgIpc) is 2.39. The van der Waals surface area contributed by atoms with Crippen LogP contribution in [0.3, 0.4) is 0 Å². The Bertz CT molecular complexity index is 600. The zero-order valence-corrected chi connectivity index (χ0v) is 10.9. The molecule has 0 spiro atoms. The van der Waals surface area contributed by atoms with Gasteiger partial charge in [0.1, 0.15) is 6.04 Å². The van der Waals surface area contributed by atoms with Crippen LogP contribution in [0.2, 0.25) is 0 Å². The van der Waals surface area contributed by atoms with Crippen molar-refractivity contribution < 1.29 is 4.79 Å². The highest BCUT2D eigenvalue weighted by Crippen LogP contribution is 2.32. The standard InChI is InChI=1S/C13H10BrN3O/c14-9-6-10-12(15-7-9)17-11(13(18)16-10)8-4-2-1-3-5-8/h1-7,11H,(H,15,17)(H,16,18). The van der Waals surface area contributed by atoms with Gasteiger partial charge in [-0.2, -0.15) is 0 Å². The van der Waals surface area contributed by atoms with Crippen molar-refractivity contribution in [2.45, 2.75) is 6.04 Å². The number of pyridine rings is 1. The molecule has 0 radical (unpaired) electrons. The van der Waals surface area contributed by atoms with Gasteiger partial charge in [-0.1, -0.05) is 30.3 Å². The van der Waals surface area contributed by atoms with E-state index in [1.165, 1.54) is 0 Å². The second-order valence-electron chi connectivity index (χ2n) is 4.03. The number of rotatable bonds is 1. The van der Waals surface area contributed by atoms with Gasteiger partial charge in [-0.15, -0.1) is 0 Å². The molecule has 0 fully saturated rings. The number of halogens is 1. The van der Waals surface area contributed by atoms with Crippen molar-refractivity contribution in [1.29, 1.82) is 0 Å². The summed E-state index contributed by atoms with van der Waals surface area (Å²) >= 11 is 3.33. The molecule has 90 valence electrons. The Morgan fingerprint density at radius 2 is 2.00 bits per heavy atom. The normalized spacial score (nSPS) is 17.6. The molecule has 5 heteroatoms. The molecule has 1 amide bonds. The van der Waals surface area contributed by atoms with Crippen molar-refractivity contribution in [1.82, 2.24) is 4.98 Å². The molecule has 0 saturated heterocycles.